The number of hydrogen-bond acceptors (Lipinski definition) is 9. The average molecular weight is 604 g/mol. The van der Waals surface area contributed by atoms with Gasteiger partial charge < -0.3 is 24.6 Å². The van der Waals surface area contributed by atoms with Crippen molar-refractivity contribution in [2.75, 3.05) is 38.2 Å². The first-order valence-corrected chi connectivity index (χ1v) is 14.7. The van der Waals surface area contributed by atoms with Crippen LogP contribution < -0.4 is 14.8 Å². The van der Waals surface area contributed by atoms with E-state index in [9.17, 15) is 13.9 Å². The highest BCUT2D eigenvalue weighted by Gasteiger charge is 2.49. The van der Waals surface area contributed by atoms with Crippen LogP contribution in [0.2, 0.25) is 0 Å². The molecule has 4 aliphatic rings. The van der Waals surface area contributed by atoms with Crippen LogP contribution in [0.15, 0.2) is 24.3 Å². The number of benzene rings is 2. The second-order valence-corrected chi connectivity index (χ2v) is 11.9. The van der Waals surface area contributed by atoms with Crippen LogP contribution in [0.1, 0.15) is 31.2 Å². The molecule has 4 atom stereocenters. The summed E-state index contributed by atoms with van der Waals surface area (Å²) >= 11 is 0. The predicted molar refractivity (Wildman–Crippen MR) is 156 cm³/mol. The average Bonchev–Trinajstić information content (AvgIpc) is 3.43. The minimum atomic E-state index is -0.938. The number of hydrogen-bond donors (Lipinski definition) is 2. The molecule has 2 aromatic heterocycles. The van der Waals surface area contributed by atoms with Gasteiger partial charge in [0, 0.05) is 30.5 Å². The van der Waals surface area contributed by atoms with Gasteiger partial charge >= 0.3 is 6.01 Å². The topological polar surface area (TPSA) is 102 Å². The van der Waals surface area contributed by atoms with E-state index in [4.69, 9.17) is 20.6 Å². The lowest BCUT2D eigenvalue weighted by atomic mass is 9.95. The summed E-state index contributed by atoms with van der Waals surface area (Å²) in [6.45, 7) is 2.07. The first kappa shape index (κ1) is 27.2. The summed E-state index contributed by atoms with van der Waals surface area (Å²) in [6, 6.07) is 4.95. The fraction of sp³-hybridized carbons (Fsp3) is 0.406. The van der Waals surface area contributed by atoms with Crippen LogP contribution in [-0.4, -0.2) is 81.7 Å². The number of nitrogens with zero attached hydrogens (tertiary/aromatic N) is 4. The van der Waals surface area contributed by atoms with Gasteiger partial charge in [-0.1, -0.05) is 12.0 Å². The molecule has 4 aliphatic heterocycles. The van der Waals surface area contributed by atoms with Gasteiger partial charge in [0.25, 0.3) is 0 Å². The van der Waals surface area contributed by atoms with Gasteiger partial charge in [-0.2, -0.15) is 9.97 Å². The number of rotatable bonds is 5. The van der Waals surface area contributed by atoms with Gasteiger partial charge in [-0.3, -0.25) is 4.90 Å². The summed E-state index contributed by atoms with van der Waals surface area (Å²) in [6.07, 6.45) is 7.47. The zero-order valence-corrected chi connectivity index (χ0v) is 23.6. The van der Waals surface area contributed by atoms with Crippen molar-refractivity contribution in [3.63, 3.8) is 0 Å². The normalized spacial score (nSPS) is 26.0. The van der Waals surface area contributed by atoms with Crippen molar-refractivity contribution < 1.29 is 32.5 Å². The Morgan fingerprint density at radius 2 is 2.07 bits per heavy atom. The first-order chi connectivity index (χ1) is 21.3. The van der Waals surface area contributed by atoms with Crippen molar-refractivity contribution in [3.05, 3.63) is 41.5 Å². The standard InChI is InChI=1S/C32H28F3N5O4/c1-2-19-21(34)5-4-16-10-18(41)11-20(24(16)19)27-26(35)28-25-29(36-22(23-6-9-42-23)14-43-30(25)37-27)39-31(38-28)44-15-32-7-3-8-40(32)13-17(33)12-32/h1,4-5,10-11,17,22-23,41H,3,6-9,12-15H2,(H,36,38,39)/t17-,22-,23-,32+/m1/s1. The maximum Gasteiger partial charge on any atom is 0.319 e. The number of fused-ring (bicyclic) bond motifs is 2. The van der Waals surface area contributed by atoms with Gasteiger partial charge in [0.15, 0.2) is 5.82 Å². The van der Waals surface area contributed by atoms with Crippen LogP contribution >= 0.6 is 0 Å². The highest BCUT2D eigenvalue weighted by atomic mass is 19.1. The van der Waals surface area contributed by atoms with Crippen molar-refractivity contribution in [2.45, 2.75) is 49.5 Å². The van der Waals surface area contributed by atoms with Crippen LogP contribution in [0, 0.1) is 24.0 Å². The molecule has 0 unspecified atom stereocenters. The van der Waals surface area contributed by atoms with Crippen LogP contribution in [0.5, 0.6) is 17.6 Å². The summed E-state index contributed by atoms with van der Waals surface area (Å²) in [7, 11) is 0. The van der Waals surface area contributed by atoms with Crippen molar-refractivity contribution >= 4 is 27.5 Å². The van der Waals surface area contributed by atoms with Crippen molar-refractivity contribution in [3.8, 4) is 41.2 Å². The number of ether oxygens (including phenoxy) is 3. The van der Waals surface area contributed by atoms with E-state index in [1.807, 2.05) is 0 Å². The summed E-state index contributed by atoms with van der Waals surface area (Å²) in [5.74, 6) is 0.960. The Morgan fingerprint density at radius 1 is 1.20 bits per heavy atom. The second-order valence-electron chi connectivity index (χ2n) is 11.9. The van der Waals surface area contributed by atoms with E-state index in [0.29, 0.717) is 25.0 Å². The summed E-state index contributed by atoms with van der Waals surface area (Å²) in [4.78, 5) is 15.7. The molecule has 226 valence electrons. The maximum atomic E-state index is 16.7. The highest BCUT2D eigenvalue weighted by molar-refractivity contribution is 6.04. The van der Waals surface area contributed by atoms with E-state index < -0.39 is 23.3 Å². The SMILES string of the molecule is C#Cc1c(F)ccc2cc(O)cc(-c3nc4c5c(nc(OC[C@@]67CCCN6C[C@H](F)C7)nc5c3F)N[C@@H]([C@H]3CCO3)CO4)c12. The largest absolute Gasteiger partial charge is 0.508 e. The van der Waals surface area contributed by atoms with Crippen LogP contribution in [0.4, 0.5) is 19.0 Å². The molecule has 12 heteroatoms. The number of alkyl halides is 1. The number of phenols is 1. The molecule has 44 heavy (non-hydrogen) atoms. The van der Waals surface area contributed by atoms with Crippen LogP contribution in [0.3, 0.4) is 0 Å². The molecule has 0 saturated carbocycles. The van der Waals surface area contributed by atoms with Gasteiger partial charge in [-0.05, 0) is 49.4 Å². The summed E-state index contributed by atoms with van der Waals surface area (Å²) in [5, 5.41) is 14.7. The number of aromatic nitrogens is 3. The zero-order valence-electron chi connectivity index (χ0n) is 23.6. The molecule has 3 saturated heterocycles. The third-order valence-corrected chi connectivity index (χ3v) is 9.32. The smallest absolute Gasteiger partial charge is 0.319 e. The van der Waals surface area contributed by atoms with Crippen molar-refractivity contribution in [1.82, 2.24) is 19.9 Å². The maximum absolute atomic E-state index is 16.7. The molecule has 0 amide bonds. The summed E-state index contributed by atoms with van der Waals surface area (Å²) < 4.78 is 63.9. The number of nitrogens with one attached hydrogen (secondary N) is 1. The van der Waals surface area contributed by atoms with Crippen molar-refractivity contribution in [1.29, 1.82) is 0 Å². The molecule has 2 N–H and O–H groups in total. The fourth-order valence-electron chi connectivity index (χ4n) is 7.13. The molecular weight excluding hydrogens is 575 g/mol. The van der Waals surface area contributed by atoms with E-state index in [0.717, 1.165) is 25.8 Å². The third kappa shape index (κ3) is 4.21. The third-order valence-electron chi connectivity index (χ3n) is 9.32. The van der Waals surface area contributed by atoms with E-state index in [1.54, 1.807) is 0 Å². The van der Waals surface area contributed by atoms with E-state index in [1.165, 1.54) is 24.3 Å². The quantitative estimate of drug-likeness (QED) is 0.314. The number of phenolic OH excluding ortho intramolecular Hbond substituents is 1. The molecule has 6 heterocycles. The van der Waals surface area contributed by atoms with Gasteiger partial charge in [0.2, 0.25) is 5.88 Å². The number of pyridine rings is 1. The zero-order chi connectivity index (χ0) is 30.2. The molecule has 8 rings (SSSR count). The first-order valence-electron chi connectivity index (χ1n) is 14.7. The van der Waals surface area contributed by atoms with Gasteiger partial charge in [0.05, 0.1) is 23.2 Å². The Hall–Kier alpha value is -4.34. The second kappa shape index (κ2) is 10.1. The lowest BCUT2D eigenvalue weighted by Gasteiger charge is -2.33. The molecule has 2 aromatic carbocycles. The van der Waals surface area contributed by atoms with Crippen LogP contribution in [0.25, 0.3) is 32.9 Å². The van der Waals surface area contributed by atoms with Gasteiger partial charge in [-0.25, -0.2) is 18.2 Å². The molecule has 0 bridgehead atoms. The number of terminal acetylenes is 1. The molecule has 9 nitrogen and oxygen atoms in total. The van der Waals surface area contributed by atoms with Gasteiger partial charge in [0.1, 0.15) is 53.4 Å². The fourth-order valence-corrected chi connectivity index (χ4v) is 7.13. The Balaban J connectivity index is 1.30. The molecule has 0 radical (unpaired) electrons. The molecule has 4 aromatic rings. The van der Waals surface area contributed by atoms with E-state index in [2.05, 4.69) is 31.1 Å². The Kier molecular flexibility index (Phi) is 6.25. The van der Waals surface area contributed by atoms with Gasteiger partial charge in [-0.15, -0.1) is 6.42 Å². The summed E-state index contributed by atoms with van der Waals surface area (Å²) in [5.41, 5.74) is -0.858. The van der Waals surface area contributed by atoms with Crippen molar-refractivity contribution in [2.24, 2.45) is 0 Å². The molecule has 0 spiro atoms. The monoisotopic (exact) mass is 603 g/mol. The van der Waals surface area contributed by atoms with E-state index >= 15 is 4.39 Å². The number of halogens is 3. The Morgan fingerprint density at radius 3 is 2.86 bits per heavy atom. The van der Waals surface area contributed by atoms with Crippen LogP contribution in [-0.2, 0) is 4.74 Å². The number of aromatic hydroxyl groups is 1. The highest BCUT2D eigenvalue weighted by Crippen LogP contribution is 2.44. The lowest BCUT2D eigenvalue weighted by Crippen LogP contribution is -2.46. The predicted octanol–water partition coefficient (Wildman–Crippen LogP) is 4.73. The number of anilines is 1. The minimum Gasteiger partial charge on any atom is -0.508 e. The molecule has 0 aliphatic carbocycles. The lowest BCUT2D eigenvalue weighted by molar-refractivity contribution is -0.0663. The molecule has 3 fully saturated rings. The molecular formula is C32H28F3N5O4. The van der Waals surface area contributed by atoms with E-state index in [-0.39, 0.29) is 81.9 Å². The Bertz CT molecular complexity index is 1880. The Labute approximate surface area is 250 Å². The minimum absolute atomic E-state index is 0.0547.